The highest BCUT2D eigenvalue weighted by molar-refractivity contribution is 6.16. The summed E-state index contributed by atoms with van der Waals surface area (Å²) in [5.41, 5.74) is 15.9. The molecule has 0 aliphatic heterocycles. The maximum Gasteiger partial charge on any atom is 0.0794 e. The van der Waals surface area contributed by atoms with Crippen molar-refractivity contribution in [3.8, 4) is 66.9 Å². The van der Waals surface area contributed by atoms with Gasteiger partial charge in [0, 0.05) is 27.9 Å². The number of pyridine rings is 2. The summed E-state index contributed by atoms with van der Waals surface area (Å²) >= 11 is 0. The van der Waals surface area contributed by atoms with Gasteiger partial charge in [-0.15, -0.1) is 0 Å². The first-order valence-corrected chi connectivity index (χ1v) is 18.4. The summed E-state index contributed by atoms with van der Waals surface area (Å²) in [7, 11) is 0. The second kappa shape index (κ2) is 13.4. The lowest BCUT2D eigenvalue weighted by molar-refractivity contribution is 1.40. The number of fused-ring (bicyclic) bond motifs is 4. The average Bonchev–Trinajstić information content (AvgIpc) is 3.26. The molecule has 2 aromatic heterocycles. The fourth-order valence-electron chi connectivity index (χ4n) is 7.79. The van der Waals surface area contributed by atoms with Crippen molar-refractivity contribution in [1.82, 2.24) is 9.97 Å². The Morgan fingerprint density at radius 1 is 0.278 bits per heavy atom. The molecule has 0 aliphatic carbocycles. The molecule has 0 amide bonds. The maximum atomic E-state index is 5.44. The van der Waals surface area contributed by atoms with Crippen molar-refractivity contribution in [2.45, 2.75) is 0 Å². The predicted octanol–water partition coefficient (Wildman–Crippen LogP) is 13.9. The minimum absolute atomic E-state index is 0.950. The Morgan fingerprint density at radius 2 is 0.722 bits per heavy atom. The molecule has 8 aromatic carbocycles. The minimum atomic E-state index is 0.950. The Kier molecular flexibility index (Phi) is 7.85. The highest BCUT2D eigenvalue weighted by Gasteiger charge is 2.17. The van der Waals surface area contributed by atoms with Crippen molar-refractivity contribution in [2.75, 3.05) is 0 Å². The summed E-state index contributed by atoms with van der Waals surface area (Å²) in [5.74, 6) is 0. The number of aromatic nitrogens is 2. The van der Waals surface area contributed by atoms with Gasteiger partial charge in [-0.2, -0.15) is 0 Å². The third-order valence-electron chi connectivity index (χ3n) is 10.6. The van der Waals surface area contributed by atoms with Crippen LogP contribution in [0.5, 0.6) is 0 Å². The highest BCUT2D eigenvalue weighted by Crippen LogP contribution is 2.41. The molecule has 0 fully saturated rings. The third kappa shape index (κ3) is 5.71. The lowest BCUT2D eigenvalue weighted by atomic mass is 9.90. The van der Waals surface area contributed by atoms with Gasteiger partial charge in [-0.3, -0.25) is 4.98 Å². The van der Waals surface area contributed by atoms with Crippen molar-refractivity contribution in [3.05, 3.63) is 206 Å². The van der Waals surface area contributed by atoms with Gasteiger partial charge >= 0.3 is 0 Å². The summed E-state index contributed by atoms with van der Waals surface area (Å²) in [6.07, 6.45) is 1.90. The van der Waals surface area contributed by atoms with E-state index in [9.17, 15) is 0 Å². The van der Waals surface area contributed by atoms with Gasteiger partial charge in [-0.25, -0.2) is 4.98 Å². The van der Waals surface area contributed by atoms with Crippen LogP contribution in [-0.4, -0.2) is 9.97 Å². The van der Waals surface area contributed by atoms with Gasteiger partial charge < -0.3 is 0 Å². The highest BCUT2D eigenvalue weighted by atomic mass is 14.7. The summed E-state index contributed by atoms with van der Waals surface area (Å²) in [5, 5.41) is 4.61. The lowest BCUT2D eigenvalue weighted by Crippen LogP contribution is -1.94. The van der Waals surface area contributed by atoms with Gasteiger partial charge in [0.1, 0.15) is 0 Å². The van der Waals surface area contributed by atoms with Crippen molar-refractivity contribution < 1.29 is 0 Å². The van der Waals surface area contributed by atoms with Crippen molar-refractivity contribution in [1.29, 1.82) is 0 Å². The Labute approximate surface area is 314 Å². The number of hydrogen-bond donors (Lipinski definition) is 0. The first-order valence-electron chi connectivity index (χ1n) is 18.4. The molecule has 252 valence electrons. The Balaban J connectivity index is 1.16. The molecular weight excluding hydrogens is 653 g/mol. The quantitative estimate of drug-likeness (QED) is 0.163. The number of nitrogens with zero attached hydrogens (tertiary/aromatic N) is 2. The summed E-state index contributed by atoms with van der Waals surface area (Å²) in [6, 6.07) is 71.6. The monoisotopic (exact) mass is 686 g/mol. The number of para-hydroxylation sites is 1. The van der Waals surface area contributed by atoms with Gasteiger partial charge in [-0.1, -0.05) is 176 Å². The van der Waals surface area contributed by atoms with Gasteiger partial charge in [0.25, 0.3) is 0 Å². The van der Waals surface area contributed by atoms with E-state index in [2.05, 4.69) is 199 Å². The average molecular weight is 687 g/mol. The molecular formula is C52H34N2. The zero-order chi connectivity index (χ0) is 35.8. The fourth-order valence-corrected chi connectivity index (χ4v) is 7.79. The van der Waals surface area contributed by atoms with Crippen LogP contribution in [0.4, 0.5) is 0 Å². The van der Waals surface area contributed by atoms with Crippen molar-refractivity contribution in [3.63, 3.8) is 0 Å². The summed E-state index contributed by atoms with van der Waals surface area (Å²) in [6.45, 7) is 0. The van der Waals surface area contributed by atoms with E-state index in [-0.39, 0.29) is 0 Å². The van der Waals surface area contributed by atoms with Crippen LogP contribution in [0.1, 0.15) is 0 Å². The molecule has 0 saturated heterocycles. The molecule has 2 heterocycles. The van der Waals surface area contributed by atoms with Crippen LogP contribution in [-0.2, 0) is 0 Å². The van der Waals surface area contributed by atoms with Crippen LogP contribution in [0.15, 0.2) is 206 Å². The second-order valence-corrected chi connectivity index (χ2v) is 13.8. The first-order chi connectivity index (χ1) is 26.8. The molecule has 0 saturated carbocycles. The fraction of sp³-hybridized carbons (Fsp3) is 0. The SMILES string of the molecule is c1ccc(-c2ccc(-c3cc(-c4ccc(-c5ccnc6ccccc56)cc4)c4cc(-c5ccc(-c6ccccc6)cc5)c5ccccc5c4n3)cc2)cc1. The van der Waals surface area contributed by atoms with Gasteiger partial charge in [0.15, 0.2) is 0 Å². The van der Waals surface area contributed by atoms with Crippen LogP contribution in [0.25, 0.3) is 99.5 Å². The largest absolute Gasteiger partial charge is 0.256 e. The summed E-state index contributed by atoms with van der Waals surface area (Å²) < 4.78 is 0. The molecule has 2 heteroatoms. The van der Waals surface area contributed by atoms with E-state index in [1.54, 1.807) is 0 Å². The zero-order valence-corrected chi connectivity index (χ0v) is 29.5. The van der Waals surface area contributed by atoms with Gasteiger partial charge in [-0.05, 0) is 85.3 Å². The Morgan fingerprint density at radius 3 is 1.33 bits per heavy atom. The second-order valence-electron chi connectivity index (χ2n) is 13.8. The van der Waals surface area contributed by atoms with Crippen LogP contribution in [0.2, 0.25) is 0 Å². The third-order valence-corrected chi connectivity index (χ3v) is 10.6. The van der Waals surface area contributed by atoms with Crippen LogP contribution in [0, 0.1) is 0 Å². The van der Waals surface area contributed by atoms with Crippen LogP contribution in [0.3, 0.4) is 0 Å². The molecule has 0 unspecified atom stereocenters. The molecule has 0 spiro atoms. The number of hydrogen-bond acceptors (Lipinski definition) is 2. The van der Waals surface area contributed by atoms with Crippen LogP contribution < -0.4 is 0 Å². The predicted molar refractivity (Wildman–Crippen MR) is 227 cm³/mol. The van der Waals surface area contributed by atoms with E-state index in [1.807, 2.05) is 12.3 Å². The van der Waals surface area contributed by atoms with Crippen molar-refractivity contribution >= 4 is 32.6 Å². The molecule has 0 N–H and O–H groups in total. The maximum absolute atomic E-state index is 5.44. The standard InChI is InChI=1S/C52H34N2/c1-3-11-35(12-4-1)37-19-23-40(24-20-37)47-33-49-48(41-27-25-39(26-28-41)43-31-32-53-50-18-10-9-16-45(43)50)34-51(54-52(49)46-17-8-7-15-44(46)47)42-29-21-38(22-30-42)36-13-5-2-6-14-36/h1-34H. The Hall–Kier alpha value is -7.16. The van der Waals surface area contributed by atoms with E-state index < -0.39 is 0 Å². The molecule has 10 rings (SSSR count). The zero-order valence-electron chi connectivity index (χ0n) is 29.5. The summed E-state index contributed by atoms with van der Waals surface area (Å²) in [4.78, 5) is 10.0. The molecule has 0 bridgehead atoms. The smallest absolute Gasteiger partial charge is 0.0794 e. The molecule has 0 radical (unpaired) electrons. The normalized spacial score (nSPS) is 11.3. The van der Waals surface area contributed by atoms with E-state index >= 15 is 0 Å². The van der Waals surface area contributed by atoms with Gasteiger partial charge in [0.2, 0.25) is 0 Å². The van der Waals surface area contributed by atoms with E-state index in [0.717, 1.165) is 55.1 Å². The molecule has 54 heavy (non-hydrogen) atoms. The number of benzene rings is 8. The van der Waals surface area contributed by atoms with E-state index in [1.165, 1.54) is 44.3 Å². The molecule has 0 atom stereocenters. The first kappa shape index (κ1) is 31.6. The minimum Gasteiger partial charge on any atom is -0.256 e. The van der Waals surface area contributed by atoms with Crippen LogP contribution >= 0.6 is 0 Å². The van der Waals surface area contributed by atoms with Gasteiger partial charge in [0.05, 0.1) is 16.7 Å². The Bertz CT molecular complexity index is 2930. The molecule has 10 aromatic rings. The topological polar surface area (TPSA) is 25.8 Å². The van der Waals surface area contributed by atoms with E-state index in [4.69, 9.17) is 4.98 Å². The van der Waals surface area contributed by atoms with Crippen molar-refractivity contribution in [2.24, 2.45) is 0 Å². The number of rotatable bonds is 6. The lowest BCUT2D eigenvalue weighted by Gasteiger charge is -2.16. The molecule has 2 nitrogen and oxygen atoms in total. The van der Waals surface area contributed by atoms with E-state index in [0.29, 0.717) is 0 Å². The molecule has 0 aliphatic rings.